The molecule has 0 saturated carbocycles. The van der Waals surface area contributed by atoms with E-state index in [1.807, 2.05) is 0 Å². The number of fused-ring (bicyclic) bond motifs is 19. The van der Waals surface area contributed by atoms with E-state index < -0.39 is 5.41 Å². The smallest absolute Gasteiger partial charge is 0.0726 e. The fourth-order valence-corrected chi connectivity index (χ4v) is 12.6. The Morgan fingerprint density at radius 1 is 0.229 bits per heavy atom. The topological polar surface area (TPSA) is 3.24 Å². The first-order valence-electron chi connectivity index (χ1n) is 24.4. The summed E-state index contributed by atoms with van der Waals surface area (Å²) in [5.41, 5.74) is 18.0. The van der Waals surface area contributed by atoms with Gasteiger partial charge in [-0.25, -0.2) is 0 Å². The number of hydrogen-bond donors (Lipinski definition) is 0. The molecular formula is C69H43N. The molecule has 0 radical (unpaired) electrons. The second kappa shape index (κ2) is 15.0. The summed E-state index contributed by atoms with van der Waals surface area (Å²) in [4.78, 5) is 2.57. The van der Waals surface area contributed by atoms with Crippen LogP contribution in [-0.4, -0.2) is 0 Å². The Labute approximate surface area is 406 Å². The van der Waals surface area contributed by atoms with Crippen molar-refractivity contribution in [1.29, 1.82) is 0 Å². The Morgan fingerprint density at radius 2 is 0.686 bits per heavy atom. The third-order valence-corrected chi connectivity index (χ3v) is 15.6. The van der Waals surface area contributed by atoms with E-state index in [1.165, 1.54) is 121 Å². The third-order valence-electron chi connectivity index (χ3n) is 15.6. The van der Waals surface area contributed by atoms with Crippen LogP contribution in [-0.2, 0) is 5.41 Å². The van der Waals surface area contributed by atoms with Gasteiger partial charge in [-0.1, -0.05) is 218 Å². The minimum absolute atomic E-state index is 0.526. The van der Waals surface area contributed by atoms with E-state index in [0.717, 1.165) is 17.1 Å². The quantitative estimate of drug-likeness (QED) is 0.156. The molecule has 1 heteroatoms. The molecule has 1 spiro atoms. The van der Waals surface area contributed by atoms with Gasteiger partial charge in [0.15, 0.2) is 0 Å². The highest BCUT2D eigenvalue weighted by Gasteiger charge is 2.52. The second-order valence-electron chi connectivity index (χ2n) is 19.1. The van der Waals surface area contributed by atoms with Gasteiger partial charge in [0, 0.05) is 16.9 Å². The lowest BCUT2D eigenvalue weighted by Crippen LogP contribution is -2.26. The number of nitrogens with zero attached hydrogens (tertiary/aromatic N) is 1. The normalized spacial score (nSPS) is 13.0. The highest BCUT2D eigenvalue weighted by molar-refractivity contribution is 6.26. The molecule has 0 atom stereocenters. The van der Waals surface area contributed by atoms with Crippen LogP contribution < -0.4 is 4.90 Å². The summed E-state index contributed by atoms with van der Waals surface area (Å²) in [6.07, 6.45) is 0. The first-order chi connectivity index (χ1) is 34.7. The maximum atomic E-state index is 2.58. The fourth-order valence-electron chi connectivity index (χ4n) is 12.6. The first kappa shape index (κ1) is 39.0. The van der Waals surface area contributed by atoms with Gasteiger partial charge in [-0.2, -0.15) is 0 Å². The highest BCUT2D eigenvalue weighted by atomic mass is 15.1. The average Bonchev–Trinajstić information content (AvgIpc) is 3.90. The summed E-state index contributed by atoms with van der Waals surface area (Å²) < 4.78 is 0. The van der Waals surface area contributed by atoms with E-state index >= 15 is 0 Å². The molecule has 0 aliphatic heterocycles. The standard InChI is InChI=1S/C69H43N/c1-2-17-44(18-3-1)47-20-16-21-48(39-47)61-42-63-59-29-12-15-32-66(59)69(64-30-13-10-27-57(64)58-28-11-14-31-65(58)69)67(63)43-68(61)70(49-36-35-46-34-33-45-19-4-5-22-51(45)60(46)40-49)50-37-38-56-54-25-7-6-23-52(54)53-24-8-9-26-55(53)62(56)41-50/h1-43H. The zero-order chi connectivity index (χ0) is 45.9. The summed E-state index contributed by atoms with van der Waals surface area (Å²) in [5.74, 6) is 0. The molecule has 0 saturated heterocycles. The van der Waals surface area contributed by atoms with Gasteiger partial charge in [0.05, 0.1) is 11.1 Å². The average molecular weight is 886 g/mol. The van der Waals surface area contributed by atoms with Crippen LogP contribution in [0.2, 0.25) is 0 Å². The molecule has 0 fully saturated rings. The van der Waals surface area contributed by atoms with Gasteiger partial charge in [-0.05, 0) is 158 Å². The molecule has 0 amide bonds. The summed E-state index contributed by atoms with van der Waals surface area (Å²) in [6, 6.07) is 97.9. The van der Waals surface area contributed by atoms with Gasteiger partial charge in [0.1, 0.15) is 0 Å². The number of anilines is 3. The van der Waals surface area contributed by atoms with Crippen molar-refractivity contribution in [2.45, 2.75) is 5.41 Å². The molecule has 1 nitrogen and oxygen atoms in total. The maximum absolute atomic E-state index is 2.58. The van der Waals surface area contributed by atoms with Gasteiger partial charge in [0.2, 0.25) is 0 Å². The number of rotatable bonds is 5. The van der Waals surface area contributed by atoms with Crippen molar-refractivity contribution < 1.29 is 0 Å². The lowest BCUT2D eigenvalue weighted by Gasteiger charge is -2.33. The molecule has 0 N–H and O–H groups in total. The van der Waals surface area contributed by atoms with E-state index in [2.05, 4.69) is 266 Å². The summed E-state index contributed by atoms with van der Waals surface area (Å²) in [5, 5.41) is 12.5. The largest absolute Gasteiger partial charge is 0.310 e. The van der Waals surface area contributed by atoms with E-state index in [0.29, 0.717) is 0 Å². The van der Waals surface area contributed by atoms with E-state index in [-0.39, 0.29) is 0 Å². The van der Waals surface area contributed by atoms with Crippen LogP contribution in [0.15, 0.2) is 261 Å². The molecule has 13 aromatic rings. The van der Waals surface area contributed by atoms with Crippen molar-refractivity contribution in [2.24, 2.45) is 0 Å². The SMILES string of the molecule is c1ccc(-c2cccc(-c3cc4c(cc3N(c3ccc5ccc6ccccc6c5c3)c3ccc5c6ccccc6c6ccccc6c5c3)C3(c5ccccc5-c5ccccc53)c3ccccc3-4)c2)cc1. The Balaban J connectivity index is 1.09. The van der Waals surface area contributed by atoms with Crippen LogP contribution in [0, 0.1) is 0 Å². The highest BCUT2D eigenvalue weighted by Crippen LogP contribution is 2.64. The maximum Gasteiger partial charge on any atom is 0.0726 e. The zero-order valence-electron chi connectivity index (χ0n) is 38.3. The lowest BCUT2D eigenvalue weighted by atomic mass is 9.70. The Hall–Kier alpha value is -9.04. The molecule has 324 valence electrons. The molecule has 0 bridgehead atoms. The molecule has 0 aromatic heterocycles. The predicted molar refractivity (Wildman–Crippen MR) is 296 cm³/mol. The van der Waals surface area contributed by atoms with Gasteiger partial charge < -0.3 is 4.90 Å². The number of benzene rings is 13. The van der Waals surface area contributed by atoms with Gasteiger partial charge in [0.25, 0.3) is 0 Å². The zero-order valence-corrected chi connectivity index (χ0v) is 38.3. The van der Waals surface area contributed by atoms with Gasteiger partial charge >= 0.3 is 0 Å². The fraction of sp³-hybridized carbons (Fsp3) is 0.0145. The van der Waals surface area contributed by atoms with Gasteiger partial charge in [-0.3, -0.25) is 0 Å². The van der Waals surface area contributed by atoms with Crippen LogP contribution in [0.1, 0.15) is 22.3 Å². The minimum Gasteiger partial charge on any atom is -0.310 e. The van der Waals surface area contributed by atoms with Crippen molar-refractivity contribution in [3.05, 3.63) is 283 Å². The van der Waals surface area contributed by atoms with Crippen molar-refractivity contribution in [2.75, 3.05) is 4.90 Å². The molecule has 2 aliphatic carbocycles. The first-order valence-corrected chi connectivity index (χ1v) is 24.4. The molecular weight excluding hydrogens is 843 g/mol. The second-order valence-corrected chi connectivity index (χ2v) is 19.1. The van der Waals surface area contributed by atoms with Crippen molar-refractivity contribution in [3.63, 3.8) is 0 Å². The number of hydrogen-bond acceptors (Lipinski definition) is 1. The molecule has 13 aromatic carbocycles. The van der Waals surface area contributed by atoms with Crippen molar-refractivity contribution >= 4 is 70.9 Å². The van der Waals surface area contributed by atoms with Crippen molar-refractivity contribution in [3.8, 4) is 44.5 Å². The van der Waals surface area contributed by atoms with Crippen LogP contribution in [0.5, 0.6) is 0 Å². The molecule has 2 aliphatic rings. The van der Waals surface area contributed by atoms with Crippen LogP contribution in [0.25, 0.3) is 98.4 Å². The predicted octanol–water partition coefficient (Wildman–Crippen LogP) is 18.6. The summed E-state index contributed by atoms with van der Waals surface area (Å²) in [6.45, 7) is 0. The van der Waals surface area contributed by atoms with Gasteiger partial charge in [-0.15, -0.1) is 0 Å². The third kappa shape index (κ3) is 5.49. The van der Waals surface area contributed by atoms with Crippen molar-refractivity contribution in [1.82, 2.24) is 0 Å². The van der Waals surface area contributed by atoms with E-state index in [4.69, 9.17) is 0 Å². The Morgan fingerprint density at radius 3 is 1.34 bits per heavy atom. The molecule has 15 rings (SSSR count). The lowest BCUT2D eigenvalue weighted by molar-refractivity contribution is 0.794. The van der Waals surface area contributed by atoms with E-state index in [9.17, 15) is 0 Å². The Bertz CT molecular complexity index is 4230. The minimum atomic E-state index is -0.526. The monoisotopic (exact) mass is 885 g/mol. The molecule has 0 heterocycles. The summed E-state index contributed by atoms with van der Waals surface area (Å²) in [7, 11) is 0. The van der Waals surface area contributed by atoms with E-state index in [1.54, 1.807) is 0 Å². The van der Waals surface area contributed by atoms with Crippen LogP contribution in [0.3, 0.4) is 0 Å². The van der Waals surface area contributed by atoms with Crippen LogP contribution >= 0.6 is 0 Å². The van der Waals surface area contributed by atoms with Crippen LogP contribution in [0.4, 0.5) is 17.1 Å². The molecule has 0 unspecified atom stereocenters. The molecule has 70 heavy (non-hydrogen) atoms. The summed E-state index contributed by atoms with van der Waals surface area (Å²) >= 11 is 0. The Kier molecular flexibility index (Phi) is 8.35.